The Morgan fingerprint density at radius 3 is 1.76 bits per heavy atom. The van der Waals surface area contributed by atoms with Gasteiger partial charge in [-0.15, -0.1) is 0 Å². The lowest BCUT2D eigenvalue weighted by molar-refractivity contribution is -0.186. The minimum absolute atomic E-state index is 0.0297. The van der Waals surface area contributed by atoms with Gasteiger partial charge in [-0.05, 0) is 48.0 Å². The third kappa shape index (κ3) is 11.5. The van der Waals surface area contributed by atoms with E-state index in [0.717, 1.165) is 19.4 Å². The van der Waals surface area contributed by atoms with Gasteiger partial charge in [0.25, 0.3) is 0 Å². The van der Waals surface area contributed by atoms with Crippen molar-refractivity contribution < 1.29 is 54.0 Å². The molecule has 3 fully saturated rings. The van der Waals surface area contributed by atoms with Crippen LogP contribution in [0.15, 0.2) is 0 Å². The molecule has 0 radical (unpaired) electrons. The topological polar surface area (TPSA) is 157 Å². The van der Waals surface area contributed by atoms with Gasteiger partial charge < -0.3 is 54.0 Å². The standard InChI is InChI=1S/C8H16O5.C8H16O4.C7H14O2/c1-4(2)12-8-7(11)6(10)5(3-9)13-8;1-5(2)11-8-7(10)3-6(4-9)12-8;1-6(2)9-7-4-3-5-8-7/h4-11H,3H2,1-2H3;5-10H,3-4H2,1-2H3;6-7H,3-5H2,1-2H3. The Balaban J connectivity index is 0.000000259. The lowest BCUT2D eigenvalue weighted by atomic mass is 10.1. The summed E-state index contributed by atoms with van der Waals surface area (Å²) in [6.45, 7) is 11.9. The van der Waals surface area contributed by atoms with Crippen LogP contribution in [0.5, 0.6) is 0 Å². The average Bonchev–Trinajstić information content (AvgIpc) is 3.45. The highest BCUT2D eigenvalue weighted by Gasteiger charge is 2.43. The van der Waals surface area contributed by atoms with Crippen molar-refractivity contribution in [1.82, 2.24) is 0 Å². The van der Waals surface area contributed by atoms with E-state index in [1.54, 1.807) is 13.8 Å². The number of hydrogen-bond donors (Lipinski definition) is 5. The second-order valence-corrected chi connectivity index (χ2v) is 9.32. The van der Waals surface area contributed by atoms with Crippen LogP contribution in [0, 0.1) is 0 Å². The van der Waals surface area contributed by atoms with Crippen LogP contribution < -0.4 is 0 Å². The van der Waals surface area contributed by atoms with Gasteiger partial charge in [-0.2, -0.15) is 0 Å². The number of rotatable bonds is 8. The molecule has 11 nitrogen and oxygen atoms in total. The molecule has 0 saturated carbocycles. The van der Waals surface area contributed by atoms with Gasteiger partial charge in [0.1, 0.15) is 24.4 Å². The second kappa shape index (κ2) is 16.3. The largest absolute Gasteiger partial charge is 0.394 e. The number of aliphatic hydroxyl groups excluding tert-OH is 5. The molecule has 8 atom stereocenters. The molecule has 0 aromatic carbocycles. The van der Waals surface area contributed by atoms with Crippen molar-refractivity contribution >= 4 is 0 Å². The quantitative estimate of drug-likeness (QED) is 0.313. The lowest BCUT2D eigenvalue weighted by Crippen LogP contribution is -2.35. The zero-order chi connectivity index (χ0) is 25.8. The normalized spacial score (nSPS) is 35.5. The van der Waals surface area contributed by atoms with Crippen LogP contribution in [0.3, 0.4) is 0 Å². The maximum Gasteiger partial charge on any atom is 0.186 e. The van der Waals surface area contributed by atoms with Crippen molar-refractivity contribution in [3.05, 3.63) is 0 Å². The summed E-state index contributed by atoms with van der Waals surface area (Å²) < 4.78 is 31.4. The van der Waals surface area contributed by atoms with Crippen molar-refractivity contribution in [2.45, 2.75) is 129 Å². The monoisotopic (exact) mass is 498 g/mol. The molecule has 0 aromatic heterocycles. The molecule has 0 aromatic rings. The Labute approximate surface area is 202 Å². The molecule has 5 N–H and O–H groups in total. The molecule has 8 unspecified atom stereocenters. The van der Waals surface area contributed by atoms with E-state index in [-0.39, 0.29) is 37.8 Å². The van der Waals surface area contributed by atoms with E-state index in [2.05, 4.69) is 0 Å². The van der Waals surface area contributed by atoms with Gasteiger partial charge in [-0.1, -0.05) is 0 Å². The zero-order valence-corrected chi connectivity index (χ0v) is 21.3. The van der Waals surface area contributed by atoms with Crippen LogP contribution in [0.25, 0.3) is 0 Å². The van der Waals surface area contributed by atoms with Gasteiger partial charge in [0, 0.05) is 19.4 Å². The van der Waals surface area contributed by atoms with E-state index in [1.807, 2.05) is 27.7 Å². The summed E-state index contributed by atoms with van der Waals surface area (Å²) in [6.07, 6.45) is -2.21. The Hall–Kier alpha value is -0.440. The van der Waals surface area contributed by atoms with E-state index >= 15 is 0 Å². The Bertz CT molecular complexity index is 513. The minimum atomic E-state index is -1.08. The second-order valence-electron chi connectivity index (χ2n) is 9.32. The summed E-state index contributed by atoms with van der Waals surface area (Å²) in [7, 11) is 0. The highest BCUT2D eigenvalue weighted by molar-refractivity contribution is 4.86. The van der Waals surface area contributed by atoms with Gasteiger partial charge in [0.2, 0.25) is 0 Å². The predicted molar refractivity (Wildman–Crippen MR) is 122 cm³/mol. The summed E-state index contributed by atoms with van der Waals surface area (Å²) in [5, 5.41) is 45.6. The Morgan fingerprint density at radius 1 is 0.765 bits per heavy atom. The average molecular weight is 499 g/mol. The van der Waals surface area contributed by atoms with E-state index in [1.165, 1.54) is 0 Å². The first kappa shape index (κ1) is 31.6. The summed E-state index contributed by atoms with van der Waals surface area (Å²) in [4.78, 5) is 0. The molecule has 204 valence electrons. The van der Waals surface area contributed by atoms with Gasteiger partial charge in [-0.3, -0.25) is 0 Å². The Kier molecular flexibility index (Phi) is 15.2. The van der Waals surface area contributed by atoms with Crippen LogP contribution in [-0.4, -0.2) is 113 Å². The van der Waals surface area contributed by atoms with Crippen molar-refractivity contribution in [3.8, 4) is 0 Å². The minimum Gasteiger partial charge on any atom is -0.394 e. The molecule has 3 aliphatic heterocycles. The molecule has 3 rings (SSSR count). The van der Waals surface area contributed by atoms with Crippen LogP contribution in [0.1, 0.15) is 60.8 Å². The summed E-state index contributed by atoms with van der Waals surface area (Å²) in [5.41, 5.74) is 0. The van der Waals surface area contributed by atoms with Gasteiger partial charge in [0.15, 0.2) is 18.9 Å². The summed E-state index contributed by atoms with van der Waals surface area (Å²) >= 11 is 0. The van der Waals surface area contributed by atoms with Gasteiger partial charge in [-0.25, -0.2) is 0 Å². The lowest BCUT2D eigenvalue weighted by Gasteiger charge is -2.17. The third-order valence-electron chi connectivity index (χ3n) is 4.97. The van der Waals surface area contributed by atoms with E-state index in [4.69, 9.17) is 38.6 Å². The fourth-order valence-corrected chi connectivity index (χ4v) is 3.43. The van der Waals surface area contributed by atoms with Crippen molar-refractivity contribution in [2.24, 2.45) is 0 Å². The smallest absolute Gasteiger partial charge is 0.186 e. The molecular formula is C23H46O11. The Morgan fingerprint density at radius 2 is 1.35 bits per heavy atom. The molecule has 0 spiro atoms. The first-order chi connectivity index (χ1) is 16.0. The van der Waals surface area contributed by atoms with Crippen LogP contribution >= 0.6 is 0 Å². The number of hydrogen-bond acceptors (Lipinski definition) is 11. The third-order valence-corrected chi connectivity index (χ3v) is 4.97. The number of aliphatic hydroxyl groups is 5. The fourth-order valence-electron chi connectivity index (χ4n) is 3.43. The van der Waals surface area contributed by atoms with Crippen LogP contribution in [-0.2, 0) is 28.4 Å². The van der Waals surface area contributed by atoms with Gasteiger partial charge >= 0.3 is 0 Å². The molecule has 11 heteroatoms. The van der Waals surface area contributed by atoms with E-state index in [0.29, 0.717) is 12.5 Å². The summed E-state index contributed by atoms with van der Waals surface area (Å²) in [5.74, 6) is 0. The number of ether oxygens (including phenoxy) is 6. The SMILES string of the molecule is CC(C)OC1CCCO1.CC(C)OC1OC(CO)C(O)C1O.CC(C)OC1OC(CO)CC1O. The zero-order valence-electron chi connectivity index (χ0n) is 21.3. The molecule has 0 bridgehead atoms. The summed E-state index contributed by atoms with van der Waals surface area (Å²) in [6, 6.07) is 0. The van der Waals surface area contributed by atoms with Crippen molar-refractivity contribution in [3.63, 3.8) is 0 Å². The van der Waals surface area contributed by atoms with Crippen molar-refractivity contribution in [1.29, 1.82) is 0 Å². The molecule has 3 saturated heterocycles. The first-order valence-corrected chi connectivity index (χ1v) is 12.1. The van der Waals surface area contributed by atoms with E-state index < -0.39 is 37.0 Å². The van der Waals surface area contributed by atoms with Crippen molar-refractivity contribution in [2.75, 3.05) is 19.8 Å². The highest BCUT2D eigenvalue weighted by atomic mass is 16.7. The predicted octanol–water partition coefficient (Wildman–Crippen LogP) is 0.278. The molecular weight excluding hydrogens is 452 g/mol. The van der Waals surface area contributed by atoms with Crippen LogP contribution in [0.2, 0.25) is 0 Å². The molecule has 34 heavy (non-hydrogen) atoms. The maximum atomic E-state index is 9.40. The molecule has 0 aliphatic carbocycles. The first-order valence-electron chi connectivity index (χ1n) is 12.1. The highest BCUT2D eigenvalue weighted by Crippen LogP contribution is 2.23. The molecule has 3 aliphatic rings. The van der Waals surface area contributed by atoms with E-state index in [9.17, 15) is 15.3 Å². The van der Waals surface area contributed by atoms with Crippen LogP contribution in [0.4, 0.5) is 0 Å². The molecule has 3 heterocycles. The fraction of sp³-hybridized carbons (Fsp3) is 1.00. The van der Waals surface area contributed by atoms with Gasteiger partial charge in [0.05, 0.1) is 37.6 Å². The maximum absolute atomic E-state index is 9.40. The molecule has 0 amide bonds.